The van der Waals surface area contributed by atoms with E-state index >= 15 is 0 Å². The van der Waals surface area contributed by atoms with Gasteiger partial charge in [-0.15, -0.1) is 0 Å². The van der Waals surface area contributed by atoms with Crippen LogP contribution in [0.2, 0.25) is 0 Å². The van der Waals surface area contributed by atoms with E-state index in [-0.39, 0.29) is 10.9 Å². The molecule has 0 saturated carbocycles. The molecule has 0 saturated heterocycles. The maximum atomic E-state index is 12.9. The van der Waals surface area contributed by atoms with E-state index in [0.29, 0.717) is 11.5 Å². The fraction of sp³-hybridized carbons (Fsp3) is 0.357. The van der Waals surface area contributed by atoms with E-state index in [0.717, 1.165) is 17.7 Å². The van der Waals surface area contributed by atoms with Crippen LogP contribution in [0.25, 0.3) is 0 Å². The minimum Gasteiger partial charge on any atom is -0.360 e. The summed E-state index contributed by atoms with van der Waals surface area (Å²) in [4.78, 5) is 0.182. The van der Waals surface area contributed by atoms with Gasteiger partial charge in [0, 0.05) is 6.04 Å². The van der Waals surface area contributed by atoms with E-state index in [1.165, 1.54) is 4.31 Å². The number of aryl methyl sites for hydroxylation is 2. The third-order valence-electron chi connectivity index (χ3n) is 3.63. The van der Waals surface area contributed by atoms with Crippen molar-refractivity contribution in [1.82, 2.24) is 5.16 Å². The molecule has 0 amide bonds. The van der Waals surface area contributed by atoms with Gasteiger partial charge in [-0.25, -0.2) is 8.42 Å². The smallest absolute Gasteiger partial charge is 0.269 e. The van der Waals surface area contributed by atoms with Crippen molar-refractivity contribution in [2.24, 2.45) is 0 Å². The standard InChI is InChI=1S/C14H16N2O3S/c1-9-8-12-6-4-5-7-13(12)16(9)20(17,18)14-10(2)15-19-11(14)3/h4-7,9H,8H2,1-3H3/t9-/m1/s1. The number of hydrogen-bond donors (Lipinski definition) is 0. The summed E-state index contributed by atoms with van der Waals surface area (Å²) in [5.41, 5.74) is 2.20. The molecule has 5 nitrogen and oxygen atoms in total. The molecule has 1 aromatic carbocycles. The highest BCUT2D eigenvalue weighted by molar-refractivity contribution is 7.93. The lowest BCUT2D eigenvalue weighted by Gasteiger charge is -2.24. The first-order chi connectivity index (χ1) is 9.43. The van der Waals surface area contributed by atoms with Gasteiger partial charge in [-0.1, -0.05) is 23.4 Å². The Labute approximate surface area is 118 Å². The number of nitrogens with zero attached hydrogens (tertiary/aromatic N) is 2. The Balaban J connectivity index is 2.18. The number of anilines is 1. The number of hydrogen-bond acceptors (Lipinski definition) is 4. The predicted molar refractivity (Wildman–Crippen MR) is 75.2 cm³/mol. The lowest BCUT2D eigenvalue weighted by molar-refractivity contribution is 0.390. The van der Waals surface area contributed by atoms with Gasteiger partial charge in [0.05, 0.1) is 5.69 Å². The number of aromatic nitrogens is 1. The molecule has 0 unspecified atom stereocenters. The Morgan fingerprint density at radius 3 is 2.65 bits per heavy atom. The predicted octanol–water partition coefficient (Wildman–Crippen LogP) is 2.43. The van der Waals surface area contributed by atoms with Crippen molar-refractivity contribution in [3.63, 3.8) is 0 Å². The van der Waals surface area contributed by atoms with Gasteiger partial charge in [0.2, 0.25) is 0 Å². The lowest BCUT2D eigenvalue weighted by atomic mass is 10.1. The van der Waals surface area contributed by atoms with Gasteiger partial charge < -0.3 is 4.52 Å². The summed E-state index contributed by atoms with van der Waals surface area (Å²) < 4.78 is 32.4. The highest BCUT2D eigenvalue weighted by Crippen LogP contribution is 2.37. The first kappa shape index (κ1) is 13.2. The minimum absolute atomic E-state index is 0.105. The SMILES string of the molecule is Cc1noc(C)c1S(=O)(=O)N1c2ccccc2C[C@H]1C. The van der Waals surface area contributed by atoms with Crippen LogP contribution in [0.1, 0.15) is 23.9 Å². The van der Waals surface area contributed by atoms with Gasteiger partial charge in [0.25, 0.3) is 10.0 Å². The molecule has 1 aliphatic rings. The molecule has 1 atom stereocenters. The van der Waals surface area contributed by atoms with Crippen molar-refractivity contribution in [3.8, 4) is 0 Å². The normalized spacial score (nSPS) is 18.4. The Morgan fingerprint density at radius 2 is 2.00 bits per heavy atom. The second kappa shape index (κ2) is 4.34. The van der Waals surface area contributed by atoms with Crippen molar-refractivity contribution >= 4 is 15.7 Å². The zero-order chi connectivity index (χ0) is 14.5. The highest BCUT2D eigenvalue weighted by Gasteiger charge is 2.38. The van der Waals surface area contributed by atoms with Gasteiger partial charge in [-0.05, 0) is 38.8 Å². The highest BCUT2D eigenvalue weighted by atomic mass is 32.2. The van der Waals surface area contributed by atoms with Gasteiger partial charge in [-0.3, -0.25) is 4.31 Å². The first-order valence-electron chi connectivity index (χ1n) is 6.48. The molecule has 0 radical (unpaired) electrons. The van der Waals surface area contributed by atoms with E-state index < -0.39 is 10.0 Å². The van der Waals surface area contributed by atoms with Crippen molar-refractivity contribution in [3.05, 3.63) is 41.3 Å². The fourth-order valence-corrected chi connectivity index (χ4v) is 4.84. The average Bonchev–Trinajstić information content (AvgIpc) is 2.88. The van der Waals surface area contributed by atoms with Crippen LogP contribution in [0.5, 0.6) is 0 Å². The van der Waals surface area contributed by atoms with E-state index in [9.17, 15) is 8.42 Å². The third kappa shape index (κ3) is 1.75. The molecular formula is C14H16N2O3S. The van der Waals surface area contributed by atoms with E-state index in [1.807, 2.05) is 31.2 Å². The summed E-state index contributed by atoms with van der Waals surface area (Å²) in [6.07, 6.45) is 0.721. The van der Waals surface area contributed by atoms with Crippen LogP contribution in [0.15, 0.2) is 33.7 Å². The quantitative estimate of drug-likeness (QED) is 0.853. The molecule has 1 aliphatic heterocycles. The number of benzene rings is 1. The average molecular weight is 292 g/mol. The van der Waals surface area contributed by atoms with Gasteiger partial charge in [0.1, 0.15) is 5.69 Å². The zero-order valence-corrected chi connectivity index (χ0v) is 12.4. The molecule has 3 rings (SSSR count). The topological polar surface area (TPSA) is 63.4 Å². The van der Waals surface area contributed by atoms with Gasteiger partial charge >= 0.3 is 0 Å². The van der Waals surface area contributed by atoms with Crippen molar-refractivity contribution in [2.75, 3.05) is 4.31 Å². The van der Waals surface area contributed by atoms with Gasteiger partial charge in [0.15, 0.2) is 10.7 Å². The Hall–Kier alpha value is -1.82. The maximum Gasteiger partial charge on any atom is 0.269 e. The summed E-state index contributed by atoms with van der Waals surface area (Å²) >= 11 is 0. The number of sulfonamides is 1. The van der Waals surface area contributed by atoms with Crippen LogP contribution in [0, 0.1) is 13.8 Å². The molecule has 106 valence electrons. The van der Waals surface area contributed by atoms with Crippen molar-refractivity contribution in [1.29, 1.82) is 0 Å². The number of rotatable bonds is 2. The third-order valence-corrected chi connectivity index (χ3v) is 5.80. The molecule has 0 spiro atoms. The second-order valence-electron chi connectivity index (χ2n) is 5.14. The largest absolute Gasteiger partial charge is 0.360 e. The molecule has 0 N–H and O–H groups in total. The molecule has 0 aliphatic carbocycles. The summed E-state index contributed by atoms with van der Waals surface area (Å²) in [6, 6.07) is 7.49. The molecule has 0 fully saturated rings. The number of para-hydroxylation sites is 1. The van der Waals surface area contributed by atoms with E-state index in [1.54, 1.807) is 13.8 Å². The summed E-state index contributed by atoms with van der Waals surface area (Å²) in [6.45, 7) is 5.19. The van der Waals surface area contributed by atoms with E-state index in [4.69, 9.17) is 4.52 Å². The second-order valence-corrected chi connectivity index (χ2v) is 6.89. The molecule has 0 bridgehead atoms. The minimum atomic E-state index is -3.64. The maximum absolute atomic E-state index is 12.9. The Kier molecular flexibility index (Phi) is 2.86. The fourth-order valence-electron chi connectivity index (χ4n) is 2.84. The lowest BCUT2D eigenvalue weighted by Crippen LogP contribution is -2.36. The van der Waals surface area contributed by atoms with Gasteiger partial charge in [-0.2, -0.15) is 0 Å². The monoisotopic (exact) mass is 292 g/mol. The van der Waals surface area contributed by atoms with Crippen molar-refractivity contribution < 1.29 is 12.9 Å². The summed E-state index contributed by atoms with van der Waals surface area (Å²) in [5.74, 6) is 0.332. The Morgan fingerprint density at radius 1 is 1.30 bits per heavy atom. The van der Waals surface area contributed by atoms with Crippen LogP contribution in [-0.4, -0.2) is 19.6 Å². The van der Waals surface area contributed by atoms with Crippen LogP contribution >= 0.6 is 0 Å². The van der Waals surface area contributed by atoms with Crippen LogP contribution in [0.4, 0.5) is 5.69 Å². The van der Waals surface area contributed by atoms with Crippen LogP contribution in [-0.2, 0) is 16.4 Å². The summed E-state index contributed by atoms with van der Waals surface area (Å²) in [7, 11) is -3.64. The number of fused-ring (bicyclic) bond motifs is 1. The molecule has 2 heterocycles. The summed E-state index contributed by atoms with van der Waals surface area (Å²) in [5, 5.41) is 3.75. The molecular weight excluding hydrogens is 276 g/mol. The van der Waals surface area contributed by atoms with Crippen LogP contribution < -0.4 is 4.31 Å². The first-order valence-corrected chi connectivity index (χ1v) is 7.92. The van der Waals surface area contributed by atoms with Crippen LogP contribution in [0.3, 0.4) is 0 Å². The molecule has 6 heteroatoms. The Bertz CT molecular complexity index is 745. The van der Waals surface area contributed by atoms with Crippen molar-refractivity contribution in [2.45, 2.75) is 38.1 Å². The molecule has 20 heavy (non-hydrogen) atoms. The zero-order valence-electron chi connectivity index (χ0n) is 11.6. The van der Waals surface area contributed by atoms with E-state index in [2.05, 4.69) is 5.16 Å². The molecule has 1 aromatic heterocycles. The molecule has 2 aromatic rings.